The Morgan fingerprint density at radius 2 is 1.93 bits per heavy atom. The van der Waals surface area contributed by atoms with Gasteiger partial charge in [0.25, 0.3) is 0 Å². The molecule has 2 aromatic rings. The molecule has 1 heterocycles. The third-order valence-corrected chi connectivity index (χ3v) is 4.70. The van der Waals surface area contributed by atoms with Gasteiger partial charge in [-0.25, -0.2) is 4.39 Å². The maximum Gasteiger partial charge on any atom is 0.185 e. The van der Waals surface area contributed by atoms with Crippen molar-refractivity contribution in [1.82, 2.24) is 0 Å². The quantitative estimate of drug-likeness (QED) is 0.766. The largest absolute Gasteiger partial charge is 0.386 e. The van der Waals surface area contributed by atoms with E-state index in [1.165, 1.54) is 12.1 Å². The minimum Gasteiger partial charge on any atom is -0.386 e. The number of nitriles is 1. The van der Waals surface area contributed by atoms with Crippen molar-refractivity contribution >= 4 is 17.3 Å². The summed E-state index contributed by atoms with van der Waals surface area (Å²) in [6.45, 7) is 1.11. The molecule has 1 fully saturated rings. The van der Waals surface area contributed by atoms with Crippen LogP contribution >= 0.6 is 11.6 Å². The van der Waals surface area contributed by atoms with Gasteiger partial charge in [0, 0.05) is 18.8 Å². The molecule has 3 rings (SSSR count). The Morgan fingerprint density at radius 3 is 2.54 bits per heavy atom. The van der Waals surface area contributed by atoms with E-state index in [1.807, 2.05) is 4.90 Å². The van der Waals surface area contributed by atoms with Gasteiger partial charge >= 0.3 is 0 Å². The molecule has 3 N–H and O–H groups in total. The van der Waals surface area contributed by atoms with Crippen LogP contribution in [-0.4, -0.2) is 43.3 Å². The second kappa shape index (κ2) is 9.32. The molecule has 2 aromatic carbocycles. The van der Waals surface area contributed by atoms with Gasteiger partial charge in [0.2, 0.25) is 0 Å². The third kappa shape index (κ3) is 5.19. The van der Waals surface area contributed by atoms with Gasteiger partial charge in [0.1, 0.15) is 11.9 Å². The number of benzene rings is 2. The average Bonchev–Trinajstić information content (AvgIpc) is 2.70. The van der Waals surface area contributed by atoms with Crippen LogP contribution in [0.2, 0.25) is 5.02 Å². The normalized spacial score (nSPS) is 20.4. The van der Waals surface area contributed by atoms with Gasteiger partial charge in [0.05, 0.1) is 35.9 Å². The number of halogens is 2. The molecule has 0 aromatic heterocycles. The van der Waals surface area contributed by atoms with E-state index >= 15 is 0 Å². The summed E-state index contributed by atoms with van der Waals surface area (Å²) in [7, 11) is 0. The van der Waals surface area contributed by atoms with E-state index < -0.39 is 18.2 Å². The maximum absolute atomic E-state index is 13.8. The van der Waals surface area contributed by atoms with E-state index in [4.69, 9.17) is 32.1 Å². The predicted octanol–water partition coefficient (Wildman–Crippen LogP) is 2.42. The zero-order valence-corrected chi connectivity index (χ0v) is 15.8. The molecule has 0 saturated carbocycles. The van der Waals surface area contributed by atoms with Crippen LogP contribution in [0.25, 0.3) is 0 Å². The number of aliphatic hydroxyl groups excluding tert-OH is 1. The predicted molar refractivity (Wildman–Crippen MR) is 103 cm³/mol. The molecule has 148 valence electrons. The minimum atomic E-state index is -0.944. The van der Waals surface area contributed by atoms with E-state index in [2.05, 4.69) is 6.07 Å². The zero-order valence-electron chi connectivity index (χ0n) is 15.1. The molecule has 1 atom stereocenters. The molecule has 0 bridgehead atoms. The van der Waals surface area contributed by atoms with Crippen molar-refractivity contribution in [2.45, 2.75) is 25.0 Å². The highest BCUT2D eigenvalue weighted by Crippen LogP contribution is 2.22. The lowest BCUT2D eigenvalue weighted by Gasteiger charge is -2.34. The molecule has 1 unspecified atom stereocenters. The monoisotopic (exact) mass is 405 g/mol. The van der Waals surface area contributed by atoms with Crippen LogP contribution in [0.4, 0.5) is 10.1 Å². The van der Waals surface area contributed by atoms with Crippen LogP contribution in [0.3, 0.4) is 0 Å². The van der Waals surface area contributed by atoms with Crippen LogP contribution in [0.5, 0.6) is 0 Å². The average molecular weight is 406 g/mol. The van der Waals surface area contributed by atoms with Crippen molar-refractivity contribution < 1.29 is 19.0 Å². The number of hydrogen-bond acceptors (Lipinski definition) is 6. The van der Waals surface area contributed by atoms with E-state index in [9.17, 15) is 9.50 Å². The highest BCUT2D eigenvalue weighted by Gasteiger charge is 2.28. The van der Waals surface area contributed by atoms with Gasteiger partial charge in [-0.15, -0.1) is 0 Å². The smallest absolute Gasteiger partial charge is 0.185 e. The summed E-state index contributed by atoms with van der Waals surface area (Å²) >= 11 is 5.76. The summed E-state index contributed by atoms with van der Waals surface area (Å²) < 4.78 is 24.8. The van der Waals surface area contributed by atoms with Gasteiger partial charge in [-0.1, -0.05) is 17.7 Å². The number of rotatable bonds is 6. The highest BCUT2D eigenvalue weighted by atomic mass is 35.5. The van der Waals surface area contributed by atoms with E-state index in [-0.39, 0.29) is 17.6 Å². The van der Waals surface area contributed by atoms with Crippen molar-refractivity contribution in [2.24, 2.45) is 5.73 Å². The Balaban J connectivity index is 1.78. The zero-order chi connectivity index (χ0) is 20.1. The molecule has 1 aliphatic rings. The Labute approximate surface area is 167 Å². The van der Waals surface area contributed by atoms with Crippen LogP contribution < -0.4 is 10.6 Å². The van der Waals surface area contributed by atoms with E-state index in [0.717, 1.165) is 5.69 Å². The van der Waals surface area contributed by atoms with Crippen LogP contribution in [0.15, 0.2) is 42.5 Å². The number of nitrogens with zero attached hydrogens (tertiary/aromatic N) is 2. The number of ether oxygens (including phenoxy) is 2. The van der Waals surface area contributed by atoms with E-state index in [0.29, 0.717) is 30.9 Å². The van der Waals surface area contributed by atoms with Crippen molar-refractivity contribution in [1.29, 1.82) is 5.26 Å². The Bertz CT molecular complexity index is 836. The first-order valence-corrected chi connectivity index (χ1v) is 9.20. The van der Waals surface area contributed by atoms with Crippen molar-refractivity contribution in [3.05, 3.63) is 64.4 Å². The SMILES string of the molecule is N#Cc1ccc(N(Cc2ccc(Cl)c(F)c2)CC(O)C2OCC(N)CO2)cc1. The van der Waals surface area contributed by atoms with Crippen LogP contribution in [-0.2, 0) is 16.0 Å². The second-order valence-electron chi connectivity index (χ2n) is 6.65. The number of aliphatic hydroxyl groups is 1. The van der Waals surface area contributed by atoms with Crippen molar-refractivity contribution in [3.63, 3.8) is 0 Å². The second-order valence-corrected chi connectivity index (χ2v) is 7.06. The molecule has 8 heteroatoms. The van der Waals surface area contributed by atoms with Crippen LogP contribution in [0.1, 0.15) is 11.1 Å². The van der Waals surface area contributed by atoms with Gasteiger partial charge in [0.15, 0.2) is 6.29 Å². The Hall–Kier alpha value is -2.21. The first-order valence-electron chi connectivity index (χ1n) is 8.82. The fourth-order valence-corrected chi connectivity index (χ4v) is 3.05. The molecule has 0 aliphatic carbocycles. The standard InChI is InChI=1S/C20H21ClFN3O3/c21-17-6-3-14(7-18(17)22)9-25(16-4-1-13(8-23)2-5-16)10-19(26)20-27-11-15(24)12-28-20/h1-7,15,19-20,26H,9-12,24H2. The summed E-state index contributed by atoms with van der Waals surface area (Å²) in [6, 6.07) is 13.3. The third-order valence-electron chi connectivity index (χ3n) is 4.39. The number of hydrogen-bond donors (Lipinski definition) is 2. The topological polar surface area (TPSA) is 91.7 Å². The summed E-state index contributed by atoms with van der Waals surface area (Å²) in [5, 5.41) is 19.6. The molecular weight excluding hydrogens is 385 g/mol. The molecule has 0 spiro atoms. The van der Waals surface area contributed by atoms with Crippen LogP contribution in [0, 0.1) is 17.1 Å². The van der Waals surface area contributed by atoms with E-state index in [1.54, 1.807) is 30.3 Å². The highest BCUT2D eigenvalue weighted by molar-refractivity contribution is 6.30. The molecular formula is C20H21ClFN3O3. The first kappa shape index (κ1) is 20.5. The molecule has 0 radical (unpaired) electrons. The first-order chi connectivity index (χ1) is 13.5. The lowest BCUT2D eigenvalue weighted by molar-refractivity contribution is -0.225. The fourth-order valence-electron chi connectivity index (χ4n) is 2.93. The minimum absolute atomic E-state index is 0.0500. The van der Waals surface area contributed by atoms with Crippen molar-refractivity contribution in [3.8, 4) is 6.07 Å². The Kier molecular flexibility index (Phi) is 6.83. The Morgan fingerprint density at radius 1 is 1.25 bits per heavy atom. The lowest BCUT2D eigenvalue weighted by atomic mass is 10.1. The van der Waals surface area contributed by atoms with Crippen molar-refractivity contribution in [2.75, 3.05) is 24.7 Å². The molecule has 1 saturated heterocycles. The molecule has 6 nitrogen and oxygen atoms in total. The fraction of sp³-hybridized carbons (Fsp3) is 0.350. The molecule has 1 aliphatic heterocycles. The lowest BCUT2D eigenvalue weighted by Crippen LogP contribution is -2.49. The molecule has 28 heavy (non-hydrogen) atoms. The summed E-state index contributed by atoms with van der Waals surface area (Å²) in [4.78, 5) is 1.86. The molecule has 0 amide bonds. The number of nitrogens with two attached hydrogens (primary N) is 1. The van der Waals surface area contributed by atoms with Gasteiger partial charge in [-0.05, 0) is 42.0 Å². The maximum atomic E-state index is 13.8. The summed E-state index contributed by atoms with van der Waals surface area (Å²) in [6.07, 6.45) is -1.73. The van der Waals surface area contributed by atoms with Gasteiger partial charge in [-0.3, -0.25) is 0 Å². The summed E-state index contributed by atoms with van der Waals surface area (Å²) in [5.41, 5.74) is 7.70. The van der Waals surface area contributed by atoms with Gasteiger partial charge < -0.3 is 25.2 Å². The number of anilines is 1. The summed E-state index contributed by atoms with van der Waals surface area (Å²) in [5.74, 6) is -0.507. The van der Waals surface area contributed by atoms with Gasteiger partial charge in [-0.2, -0.15) is 5.26 Å².